The third-order valence-electron chi connectivity index (χ3n) is 2.54. The molecule has 0 heterocycles. The van der Waals surface area contributed by atoms with E-state index < -0.39 is 12.0 Å². The maximum atomic E-state index is 13.0. The Kier molecular flexibility index (Phi) is 4.73. The van der Waals surface area contributed by atoms with Gasteiger partial charge in [0.25, 0.3) is 0 Å². The molecule has 0 aliphatic heterocycles. The summed E-state index contributed by atoms with van der Waals surface area (Å²) in [6, 6.07) is 0. The second-order valence-electron chi connectivity index (χ2n) is 4.07. The summed E-state index contributed by atoms with van der Waals surface area (Å²) >= 11 is 0. The number of halogens is 2. The van der Waals surface area contributed by atoms with Crippen molar-refractivity contribution >= 4 is 0 Å². The lowest BCUT2D eigenvalue weighted by Crippen LogP contribution is -2.04. The van der Waals surface area contributed by atoms with Gasteiger partial charge in [-0.25, -0.2) is 8.78 Å². The summed E-state index contributed by atoms with van der Waals surface area (Å²) in [5.74, 6) is -0.440. The van der Waals surface area contributed by atoms with Crippen LogP contribution in [0.4, 0.5) is 8.78 Å². The van der Waals surface area contributed by atoms with Crippen LogP contribution in [0.1, 0.15) is 39.0 Å². The average molecular weight is 212 g/mol. The fraction of sp³-hybridized carbons (Fsp3) is 0.538. The molecule has 1 rings (SSSR count). The summed E-state index contributed by atoms with van der Waals surface area (Å²) in [5.41, 5.74) is 2.03. The van der Waals surface area contributed by atoms with Gasteiger partial charge in [0, 0.05) is 6.42 Å². The number of hydrogen-bond donors (Lipinski definition) is 0. The van der Waals surface area contributed by atoms with Gasteiger partial charge in [-0.2, -0.15) is 0 Å². The predicted molar refractivity (Wildman–Crippen MR) is 60.1 cm³/mol. The average Bonchev–Trinajstić information content (AvgIpc) is 2.14. The van der Waals surface area contributed by atoms with Crippen LogP contribution in [0.5, 0.6) is 0 Å². The zero-order valence-electron chi connectivity index (χ0n) is 9.23. The topological polar surface area (TPSA) is 0 Å². The highest BCUT2D eigenvalue weighted by atomic mass is 19.1. The Morgan fingerprint density at radius 3 is 2.87 bits per heavy atom. The van der Waals surface area contributed by atoms with E-state index in [1.54, 1.807) is 0 Å². The summed E-state index contributed by atoms with van der Waals surface area (Å²) in [7, 11) is 0. The van der Waals surface area contributed by atoms with Crippen LogP contribution in [-0.2, 0) is 0 Å². The first kappa shape index (κ1) is 12.2. The summed E-state index contributed by atoms with van der Waals surface area (Å²) in [6.45, 7) is 6.04. The standard InChI is InChI=1S/C13H18F2/c1-3-4-10(2)5-6-11-7-12(14)9-13(15)8-11/h7,9,13H,2-6,8H2,1H3. The van der Waals surface area contributed by atoms with E-state index >= 15 is 0 Å². The number of hydrogen-bond acceptors (Lipinski definition) is 0. The zero-order chi connectivity index (χ0) is 11.3. The molecule has 1 atom stereocenters. The number of rotatable bonds is 5. The SMILES string of the molecule is C=C(CCC)CCC1=CC(F)=CC(F)C1. The van der Waals surface area contributed by atoms with Crippen molar-refractivity contribution in [3.8, 4) is 0 Å². The van der Waals surface area contributed by atoms with Crippen molar-refractivity contribution in [2.24, 2.45) is 0 Å². The van der Waals surface area contributed by atoms with E-state index in [1.165, 1.54) is 11.6 Å². The first-order chi connectivity index (χ1) is 7.11. The summed E-state index contributed by atoms with van der Waals surface area (Å²) in [6.07, 6.45) is 5.35. The van der Waals surface area contributed by atoms with Gasteiger partial charge in [-0.15, -0.1) is 0 Å². The Balaban J connectivity index is 2.39. The minimum Gasteiger partial charge on any atom is -0.242 e. The van der Waals surface area contributed by atoms with Crippen molar-refractivity contribution in [2.45, 2.75) is 45.2 Å². The molecule has 0 radical (unpaired) electrons. The van der Waals surface area contributed by atoms with Crippen molar-refractivity contribution in [3.63, 3.8) is 0 Å². The van der Waals surface area contributed by atoms with Gasteiger partial charge in [-0.05, 0) is 31.4 Å². The molecule has 1 aliphatic carbocycles. The van der Waals surface area contributed by atoms with Crippen LogP contribution in [0.15, 0.2) is 35.7 Å². The third-order valence-corrected chi connectivity index (χ3v) is 2.54. The van der Waals surface area contributed by atoms with E-state index in [1.807, 2.05) is 0 Å². The van der Waals surface area contributed by atoms with Crippen molar-refractivity contribution in [1.82, 2.24) is 0 Å². The molecule has 0 saturated heterocycles. The Bertz CT molecular complexity index is 287. The fourth-order valence-corrected chi connectivity index (χ4v) is 1.77. The summed E-state index contributed by atoms with van der Waals surface area (Å²) < 4.78 is 25.9. The number of alkyl halides is 1. The van der Waals surface area contributed by atoms with Crippen LogP contribution < -0.4 is 0 Å². The van der Waals surface area contributed by atoms with Crippen molar-refractivity contribution in [1.29, 1.82) is 0 Å². The van der Waals surface area contributed by atoms with Gasteiger partial charge < -0.3 is 0 Å². The molecule has 2 heteroatoms. The second-order valence-corrected chi connectivity index (χ2v) is 4.07. The lowest BCUT2D eigenvalue weighted by molar-refractivity contribution is 0.382. The Labute approximate surface area is 90.4 Å². The van der Waals surface area contributed by atoms with Gasteiger partial charge in [0.1, 0.15) is 12.0 Å². The maximum Gasteiger partial charge on any atom is 0.125 e. The Morgan fingerprint density at radius 2 is 2.27 bits per heavy atom. The minimum absolute atomic E-state index is 0.340. The predicted octanol–water partition coefficient (Wildman–Crippen LogP) is 4.64. The molecule has 0 fully saturated rings. The quantitative estimate of drug-likeness (QED) is 0.582. The molecule has 0 aromatic carbocycles. The molecule has 0 amide bonds. The normalized spacial score (nSPS) is 20.9. The van der Waals surface area contributed by atoms with Gasteiger partial charge in [0.15, 0.2) is 0 Å². The van der Waals surface area contributed by atoms with E-state index in [9.17, 15) is 8.78 Å². The largest absolute Gasteiger partial charge is 0.242 e. The van der Waals surface area contributed by atoms with E-state index in [4.69, 9.17) is 0 Å². The molecule has 1 unspecified atom stereocenters. The molecule has 0 saturated carbocycles. The highest BCUT2D eigenvalue weighted by Gasteiger charge is 2.14. The van der Waals surface area contributed by atoms with E-state index in [-0.39, 0.29) is 0 Å². The van der Waals surface area contributed by atoms with Crippen LogP contribution in [0.2, 0.25) is 0 Å². The van der Waals surface area contributed by atoms with E-state index in [0.29, 0.717) is 6.42 Å². The maximum absolute atomic E-state index is 13.0. The minimum atomic E-state index is -1.15. The fourth-order valence-electron chi connectivity index (χ4n) is 1.77. The summed E-state index contributed by atoms with van der Waals surface area (Å²) in [5, 5.41) is 0. The van der Waals surface area contributed by atoms with Gasteiger partial charge in [-0.1, -0.05) is 31.1 Å². The van der Waals surface area contributed by atoms with E-state index in [0.717, 1.165) is 37.3 Å². The van der Waals surface area contributed by atoms with Gasteiger partial charge in [0.2, 0.25) is 0 Å². The van der Waals surface area contributed by atoms with Gasteiger partial charge >= 0.3 is 0 Å². The van der Waals surface area contributed by atoms with E-state index in [2.05, 4.69) is 13.5 Å². The molecule has 0 aromatic heterocycles. The first-order valence-electron chi connectivity index (χ1n) is 5.49. The third kappa shape index (κ3) is 4.41. The second kappa shape index (κ2) is 5.84. The molecular formula is C13H18F2. The van der Waals surface area contributed by atoms with Crippen molar-refractivity contribution in [2.75, 3.05) is 0 Å². The molecular weight excluding hydrogens is 194 g/mol. The molecule has 15 heavy (non-hydrogen) atoms. The van der Waals surface area contributed by atoms with Crippen molar-refractivity contribution in [3.05, 3.63) is 35.7 Å². The van der Waals surface area contributed by atoms with Gasteiger partial charge in [0.05, 0.1) is 0 Å². The highest BCUT2D eigenvalue weighted by molar-refractivity contribution is 5.26. The molecule has 0 spiro atoms. The smallest absolute Gasteiger partial charge is 0.125 e. The Morgan fingerprint density at radius 1 is 1.53 bits per heavy atom. The zero-order valence-corrected chi connectivity index (χ0v) is 9.23. The highest BCUT2D eigenvalue weighted by Crippen LogP contribution is 2.25. The lowest BCUT2D eigenvalue weighted by Gasteiger charge is -2.13. The number of allylic oxidation sites excluding steroid dienone is 5. The molecule has 84 valence electrons. The van der Waals surface area contributed by atoms with Crippen LogP contribution in [0.3, 0.4) is 0 Å². The monoisotopic (exact) mass is 212 g/mol. The van der Waals surface area contributed by atoms with Gasteiger partial charge in [-0.3, -0.25) is 0 Å². The van der Waals surface area contributed by atoms with Crippen LogP contribution in [0.25, 0.3) is 0 Å². The molecule has 0 aromatic rings. The molecule has 1 aliphatic rings. The van der Waals surface area contributed by atoms with Crippen LogP contribution >= 0.6 is 0 Å². The Hall–Kier alpha value is -0.920. The molecule has 0 nitrogen and oxygen atoms in total. The molecule has 0 bridgehead atoms. The first-order valence-corrected chi connectivity index (χ1v) is 5.49. The van der Waals surface area contributed by atoms with Crippen LogP contribution in [-0.4, -0.2) is 6.17 Å². The molecule has 0 N–H and O–H groups in total. The van der Waals surface area contributed by atoms with Crippen LogP contribution in [0, 0.1) is 0 Å². The lowest BCUT2D eigenvalue weighted by atomic mass is 9.96. The summed E-state index contributed by atoms with van der Waals surface area (Å²) in [4.78, 5) is 0. The van der Waals surface area contributed by atoms with Crippen molar-refractivity contribution < 1.29 is 8.78 Å².